The third-order valence-electron chi connectivity index (χ3n) is 1.38. The van der Waals surface area contributed by atoms with Gasteiger partial charge in [0.15, 0.2) is 0 Å². The zero-order chi connectivity index (χ0) is 9.49. The Bertz CT molecular complexity index is 94.2. The van der Waals surface area contributed by atoms with Crippen LogP contribution in [0.5, 0.6) is 0 Å². The maximum Gasteiger partial charge on any atom is 0.137 e. The van der Waals surface area contributed by atoms with Gasteiger partial charge in [-0.15, -0.1) is 0 Å². The van der Waals surface area contributed by atoms with Gasteiger partial charge in [0.25, 0.3) is 0 Å². The van der Waals surface area contributed by atoms with Crippen molar-refractivity contribution in [3.8, 4) is 0 Å². The van der Waals surface area contributed by atoms with E-state index in [9.17, 15) is 4.79 Å². The molecule has 0 radical (unpaired) electrons. The Hall–Kier alpha value is -0.370. The number of aldehydes is 1. The lowest BCUT2D eigenvalue weighted by Gasteiger charge is -2.24. The Morgan fingerprint density at radius 3 is 1.64 bits per heavy atom. The van der Waals surface area contributed by atoms with Gasteiger partial charge in [-0.05, 0) is 12.5 Å². The molecule has 2 heteroatoms. The maximum absolute atomic E-state index is 10.3. The minimum absolute atomic E-state index is 0.0301. The summed E-state index contributed by atoms with van der Waals surface area (Å²) in [7, 11) is 1.80. The molecule has 0 aromatic carbocycles. The number of nitrogens with one attached hydrogen (secondary N) is 1. The lowest BCUT2D eigenvalue weighted by atomic mass is 9.88. The minimum Gasteiger partial charge on any atom is -0.310 e. The van der Waals surface area contributed by atoms with Crippen LogP contribution in [0.15, 0.2) is 0 Å². The molecule has 1 N–H and O–H groups in total. The fourth-order valence-electron chi connectivity index (χ4n) is 0.705. The van der Waals surface area contributed by atoms with Crippen molar-refractivity contribution in [1.82, 2.24) is 5.32 Å². The van der Waals surface area contributed by atoms with Crippen LogP contribution in [0, 0.1) is 5.41 Å². The zero-order valence-electron chi connectivity index (χ0n) is 8.56. The van der Waals surface area contributed by atoms with Crippen LogP contribution in [-0.2, 0) is 4.79 Å². The van der Waals surface area contributed by atoms with Gasteiger partial charge in [-0.3, -0.25) is 0 Å². The molecule has 0 heterocycles. The number of likely N-dealkylation sites (N-methyl/N-ethyl adjacent to an activating group) is 1. The van der Waals surface area contributed by atoms with Crippen molar-refractivity contribution in [3.63, 3.8) is 0 Å². The third kappa shape index (κ3) is 6.05. The molecule has 0 aliphatic carbocycles. The van der Waals surface area contributed by atoms with Crippen molar-refractivity contribution in [2.75, 3.05) is 7.05 Å². The Balaban J connectivity index is 0. The van der Waals surface area contributed by atoms with Crippen LogP contribution in [0.1, 0.15) is 34.6 Å². The Kier molecular flexibility index (Phi) is 7.64. The first kappa shape index (κ1) is 13.2. The highest BCUT2D eigenvalue weighted by molar-refractivity contribution is 5.58. The van der Waals surface area contributed by atoms with E-state index in [2.05, 4.69) is 5.32 Å². The summed E-state index contributed by atoms with van der Waals surface area (Å²) in [4.78, 5) is 10.3. The fourth-order valence-corrected chi connectivity index (χ4v) is 0.705. The molecule has 1 unspecified atom stereocenters. The summed E-state index contributed by atoms with van der Waals surface area (Å²) in [5, 5.41) is 2.92. The fraction of sp³-hybridized carbons (Fsp3) is 0.889. The smallest absolute Gasteiger partial charge is 0.137 e. The van der Waals surface area contributed by atoms with Crippen LogP contribution in [0.4, 0.5) is 0 Å². The second kappa shape index (κ2) is 6.35. The van der Waals surface area contributed by atoms with E-state index in [0.717, 1.165) is 6.29 Å². The van der Waals surface area contributed by atoms with Crippen LogP contribution >= 0.6 is 0 Å². The largest absolute Gasteiger partial charge is 0.310 e. The predicted octanol–water partition coefficient (Wildman–Crippen LogP) is 1.85. The van der Waals surface area contributed by atoms with E-state index in [-0.39, 0.29) is 11.5 Å². The number of hydrogen-bond donors (Lipinski definition) is 1. The van der Waals surface area contributed by atoms with Gasteiger partial charge in [0.05, 0.1) is 6.04 Å². The molecule has 0 aromatic rings. The highest BCUT2D eigenvalue weighted by atomic mass is 16.1. The number of rotatable bonds is 2. The molecule has 0 spiro atoms. The molecule has 1 atom stereocenters. The molecule has 0 aliphatic rings. The van der Waals surface area contributed by atoms with E-state index < -0.39 is 0 Å². The first-order valence-corrected chi connectivity index (χ1v) is 4.15. The first-order valence-electron chi connectivity index (χ1n) is 4.15. The van der Waals surface area contributed by atoms with Crippen LogP contribution in [-0.4, -0.2) is 19.4 Å². The van der Waals surface area contributed by atoms with Gasteiger partial charge in [-0.25, -0.2) is 0 Å². The highest BCUT2D eigenvalue weighted by Gasteiger charge is 2.21. The topological polar surface area (TPSA) is 29.1 Å². The Morgan fingerprint density at radius 1 is 1.27 bits per heavy atom. The monoisotopic (exact) mass is 159 g/mol. The summed E-state index contributed by atoms with van der Waals surface area (Å²) in [5.74, 6) is 0. The molecule has 11 heavy (non-hydrogen) atoms. The number of hydrogen-bond acceptors (Lipinski definition) is 2. The van der Waals surface area contributed by atoms with Gasteiger partial charge in [-0.1, -0.05) is 34.6 Å². The molecular weight excluding hydrogens is 138 g/mol. The lowest BCUT2D eigenvalue weighted by molar-refractivity contribution is -0.111. The van der Waals surface area contributed by atoms with Gasteiger partial charge in [-0.2, -0.15) is 0 Å². The van der Waals surface area contributed by atoms with Gasteiger partial charge in [0.1, 0.15) is 6.29 Å². The van der Waals surface area contributed by atoms with E-state index >= 15 is 0 Å². The molecule has 0 aliphatic heterocycles. The summed E-state index contributed by atoms with van der Waals surface area (Å²) in [5.41, 5.74) is 0.0382. The minimum atomic E-state index is -0.0301. The molecule has 0 aromatic heterocycles. The number of carbonyl (C=O) groups excluding carboxylic acids is 1. The van der Waals surface area contributed by atoms with Crippen molar-refractivity contribution < 1.29 is 4.79 Å². The van der Waals surface area contributed by atoms with Gasteiger partial charge in [0.2, 0.25) is 0 Å². The quantitative estimate of drug-likeness (QED) is 0.623. The van der Waals surface area contributed by atoms with Gasteiger partial charge in [0, 0.05) is 0 Å². The molecule has 0 fully saturated rings. The van der Waals surface area contributed by atoms with Crippen LogP contribution in [0.2, 0.25) is 0 Å². The maximum atomic E-state index is 10.3. The second-order valence-corrected chi connectivity index (χ2v) is 3.27. The molecule has 2 nitrogen and oxygen atoms in total. The third-order valence-corrected chi connectivity index (χ3v) is 1.38. The second-order valence-electron chi connectivity index (χ2n) is 3.27. The van der Waals surface area contributed by atoms with Crippen LogP contribution in [0.3, 0.4) is 0 Å². The molecule has 0 saturated carbocycles. The summed E-state index contributed by atoms with van der Waals surface area (Å²) >= 11 is 0. The van der Waals surface area contributed by atoms with Crippen LogP contribution < -0.4 is 5.32 Å². The van der Waals surface area contributed by atoms with Crippen molar-refractivity contribution in [2.24, 2.45) is 5.41 Å². The van der Waals surface area contributed by atoms with Crippen molar-refractivity contribution >= 4 is 6.29 Å². The molecule has 0 bridgehead atoms. The van der Waals surface area contributed by atoms with Gasteiger partial charge < -0.3 is 10.1 Å². The van der Waals surface area contributed by atoms with Gasteiger partial charge >= 0.3 is 0 Å². The molecule has 0 amide bonds. The average molecular weight is 159 g/mol. The number of carbonyl (C=O) groups is 1. The van der Waals surface area contributed by atoms with E-state index in [1.807, 2.05) is 34.6 Å². The van der Waals surface area contributed by atoms with Crippen molar-refractivity contribution in [3.05, 3.63) is 0 Å². The average Bonchev–Trinajstić information content (AvgIpc) is 1.92. The standard InChI is InChI=1S/C7H15NO.C2H6/c1-7(2,3)6(5-9)8-4;1-2/h5-6,8H,1-4H3;1-2H3. The first-order chi connectivity index (χ1) is 5.02. The predicted molar refractivity (Wildman–Crippen MR) is 49.7 cm³/mol. The van der Waals surface area contributed by atoms with Crippen molar-refractivity contribution in [2.45, 2.75) is 40.7 Å². The van der Waals surface area contributed by atoms with E-state index in [0.29, 0.717) is 0 Å². The Morgan fingerprint density at radius 2 is 1.64 bits per heavy atom. The molecule has 0 rings (SSSR count). The molecule has 68 valence electrons. The van der Waals surface area contributed by atoms with Crippen molar-refractivity contribution in [1.29, 1.82) is 0 Å². The van der Waals surface area contributed by atoms with E-state index in [4.69, 9.17) is 0 Å². The van der Waals surface area contributed by atoms with E-state index in [1.54, 1.807) is 7.05 Å². The SMILES string of the molecule is CC.CNC(C=O)C(C)(C)C. The summed E-state index contributed by atoms with van der Waals surface area (Å²) in [6, 6.07) is -0.0301. The molecular formula is C9H21NO. The lowest BCUT2D eigenvalue weighted by Crippen LogP contribution is -2.39. The normalized spacial score (nSPS) is 12.9. The summed E-state index contributed by atoms with van der Waals surface area (Å²) < 4.78 is 0. The summed E-state index contributed by atoms with van der Waals surface area (Å²) in [6.45, 7) is 10.1. The molecule has 0 saturated heterocycles. The Labute approximate surface area is 70.4 Å². The van der Waals surface area contributed by atoms with Crippen LogP contribution in [0.25, 0.3) is 0 Å². The van der Waals surface area contributed by atoms with E-state index in [1.165, 1.54) is 0 Å². The zero-order valence-corrected chi connectivity index (χ0v) is 8.56. The highest BCUT2D eigenvalue weighted by Crippen LogP contribution is 2.16. The summed E-state index contributed by atoms with van der Waals surface area (Å²) in [6.07, 6.45) is 0.944.